The Bertz CT molecular complexity index is 271. The van der Waals surface area contributed by atoms with Gasteiger partial charge >= 0.3 is 0 Å². The highest BCUT2D eigenvalue weighted by Gasteiger charge is 1.98. The van der Waals surface area contributed by atoms with Crippen molar-refractivity contribution in [3.05, 3.63) is 28.2 Å². The first-order valence-electron chi connectivity index (χ1n) is 4.68. The van der Waals surface area contributed by atoms with E-state index in [4.69, 9.17) is 4.74 Å². The van der Waals surface area contributed by atoms with Crippen molar-refractivity contribution in [2.75, 3.05) is 6.61 Å². The Morgan fingerprint density at radius 2 is 2.00 bits per heavy atom. The Morgan fingerprint density at radius 1 is 1.23 bits per heavy atom. The predicted octanol–water partition coefficient (Wildman–Crippen LogP) is 3.80. The van der Waals surface area contributed by atoms with E-state index in [0.29, 0.717) is 0 Å². The average molecular weight is 243 g/mol. The average Bonchev–Trinajstić information content (AvgIpc) is 2.14. The molecule has 1 rings (SSSR count). The summed E-state index contributed by atoms with van der Waals surface area (Å²) in [5.74, 6) is 0.966. The summed E-state index contributed by atoms with van der Waals surface area (Å²) in [6, 6.07) is 6.23. The van der Waals surface area contributed by atoms with Gasteiger partial charge < -0.3 is 4.74 Å². The highest BCUT2D eigenvalue weighted by Crippen LogP contribution is 2.21. The lowest BCUT2D eigenvalue weighted by molar-refractivity contribution is 0.317. The van der Waals surface area contributed by atoms with Crippen molar-refractivity contribution < 1.29 is 4.74 Å². The third-order valence-corrected chi connectivity index (χ3v) is 2.27. The molecule has 0 saturated carbocycles. The number of benzene rings is 1. The Balaban J connectivity index is 2.76. The molecule has 0 atom stereocenters. The molecule has 0 aliphatic heterocycles. The first kappa shape index (κ1) is 10.6. The van der Waals surface area contributed by atoms with Crippen LogP contribution in [0.5, 0.6) is 5.75 Å². The molecule has 1 aromatic carbocycles. The maximum atomic E-state index is 5.55. The quantitative estimate of drug-likeness (QED) is 0.781. The van der Waals surface area contributed by atoms with Crippen molar-refractivity contribution in [3.8, 4) is 5.75 Å². The van der Waals surface area contributed by atoms with Crippen LogP contribution in [-0.4, -0.2) is 6.61 Å². The standard InChI is InChI=1S/C11H15BrO/c1-3-5-13-11-7-9(4-2)6-10(12)8-11/h6-8H,3-5H2,1-2H3. The predicted molar refractivity (Wildman–Crippen MR) is 59.3 cm³/mol. The number of rotatable bonds is 4. The largest absolute Gasteiger partial charge is 0.494 e. The lowest BCUT2D eigenvalue weighted by Crippen LogP contribution is -1.95. The molecule has 2 heteroatoms. The minimum Gasteiger partial charge on any atom is -0.494 e. The molecule has 0 spiro atoms. The zero-order valence-electron chi connectivity index (χ0n) is 8.14. The number of hydrogen-bond donors (Lipinski definition) is 0. The van der Waals surface area contributed by atoms with Crippen LogP contribution in [0, 0.1) is 0 Å². The van der Waals surface area contributed by atoms with Crippen molar-refractivity contribution in [2.24, 2.45) is 0 Å². The molecule has 0 heterocycles. The third-order valence-electron chi connectivity index (χ3n) is 1.81. The fourth-order valence-corrected chi connectivity index (χ4v) is 1.65. The van der Waals surface area contributed by atoms with Gasteiger partial charge in [-0.2, -0.15) is 0 Å². The molecule has 0 bridgehead atoms. The molecule has 0 saturated heterocycles. The molecule has 0 aliphatic rings. The summed E-state index contributed by atoms with van der Waals surface area (Å²) in [6.45, 7) is 5.05. The molecule has 0 amide bonds. The van der Waals surface area contributed by atoms with E-state index in [2.05, 4.69) is 41.9 Å². The van der Waals surface area contributed by atoms with E-state index in [1.807, 2.05) is 6.07 Å². The lowest BCUT2D eigenvalue weighted by atomic mass is 10.2. The van der Waals surface area contributed by atoms with Crippen LogP contribution in [0.15, 0.2) is 22.7 Å². The van der Waals surface area contributed by atoms with Crippen LogP contribution in [0.1, 0.15) is 25.8 Å². The minimum absolute atomic E-state index is 0.791. The van der Waals surface area contributed by atoms with Gasteiger partial charge in [-0.3, -0.25) is 0 Å². The van der Waals surface area contributed by atoms with Gasteiger partial charge in [-0.05, 0) is 36.6 Å². The van der Waals surface area contributed by atoms with Crippen LogP contribution in [-0.2, 0) is 6.42 Å². The van der Waals surface area contributed by atoms with Gasteiger partial charge in [0.2, 0.25) is 0 Å². The van der Waals surface area contributed by atoms with Crippen LogP contribution in [0.4, 0.5) is 0 Å². The van der Waals surface area contributed by atoms with Crippen LogP contribution >= 0.6 is 15.9 Å². The number of ether oxygens (including phenoxy) is 1. The van der Waals surface area contributed by atoms with E-state index in [0.717, 1.165) is 29.7 Å². The monoisotopic (exact) mass is 242 g/mol. The summed E-state index contributed by atoms with van der Waals surface area (Å²) in [5, 5.41) is 0. The molecule has 1 nitrogen and oxygen atoms in total. The van der Waals surface area contributed by atoms with E-state index in [-0.39, 0.29) is 0 Å². The van der Waals surface area contributed by atoms with Crippen molar-refractivity contribution >= 4 is 15.9 Å². The van der Waals surface area contributed by atoms with Gasteiger partial charge in [0, 0.05) is 4.47 Å². The molecular formula is C11H15BrO. The maximum Gasteiger partial charge on any atom is 0.120 e. The van der Waals surface area contributed by atoms with Crippen LogP contribution in [0.3, 0.4) is 0 Å². The minimum atomic E-state index is 0.791. The number of halogens is 1. The van der Waals surface area contributed by atoms with Gasteiger partial charge in [-0.25, -0.2) is 0 Å². The van der Waals surface area contributed by atoms with Crippen molar-refractivity contribution in [1.82, 2.24) is 0 Å². The van der Waals surface area contributed by atoms with E-state index in [1.165, 1.54) is 5.56 Å². The molecule has 1 aromatic rings. The van der Waals surface area contributed by atoms with Gasteiger partial charge in [0.25, 0.3) is 0 Å². The van der Waals surface area contributed by atoms with Crippen molar-refractivity contribution in [3.63, 3.8) is 0 Å². The third kappa shape index (κ3) is 3.39. The molecular weight excluding hydrogens is 228 g/mol. The Kier molecular flexibility index (Phi) is 4.29. The van der Waals surface area contributed by atoms with Crippen LogP contribution in [0.25, 0.3) is 0 Å². The van der Waals surface area contributed by atoms with E-state index >= 15 is 0 Å². The molecule has 13 heavy (non-hydrogen) atoms. The summed E-state index contributed by atoms with van der Waals surface area (Å²) >= 11 is 3.47. The summed E-state index contributed by atoms with van der Waals surface area (Å²) in [5.41, 5.74) is 1.31. The highest BCUT2D eigenvalue weighted by atomic mass is 79.9. The summed E-state index contributed by atoms with van der Waals surface area (Å²) in [4.78, 5) is 0. The highest BCUT2D eigenvalue weighted by molar-refractivity contribution is 9.10. The molecule has 0 radical (unpaired) electrons. The van der Waals surface area contributed by atoms with Crippen LogP contribution in [0.2, 0.25) is 0 Å². The van der Waals surface area contributed by atoms with Gasteiger partial charge in [-0.1, -0.05) is 29.8 Å². The van der Waals surface area contributed by atoms with Crippen molar-refractivity contribution in [2.45, 2.75) is 26.7 Å². The van der Waals surface area contributed by atoms with Gasteiger partial charge in [-0.15, -0.1) is 0 Å². The zero-order valence-corrected chi connectivity index (χ0v) is 9.73. The molecule has 0 unspecified atom stereocenters. The second-order valence-corrected chi connectivity index (χ2v) is 3.91. The summed E-state index contributed by atoms with van der Waals surface area (Å²) < 4.78 is 6.64. The topological polar surface area (TPSA) is 9.23 Å². The Hall–Kier alpha value is -0.500. The smallest absolute Gasteiger partial charge is 0.120 e. The normalized spacial score (nSPS) is 10.1. The van der Waals surface area contributed by atoms with E-state index in [9.17, 15) is 0 Å². The summed E-state index contributed by atoms with van der Waals surface area (Å²) in [7, 11) is 0. The summed E-state index contributed by atoms with van der Waals surface area (Å²) in [6.07, 6.45) is 2.09. The fraction of sp³-hybridized carbons (Fsp3) is 0.455. The molecule has 0 aromatic heterocycles. The second kappa shape index (κ2) is 5.28. The van der Waals surface area contributed by atoms with Gasteiger partial charge in [0.15, 0.2) is 0 Å². The maximum absolute atomic E-state index is 5.55. The zero-order chi connectivity index (χ0) is 9.68. The van der Waals surface area contributed by atoms with Gasteiger partial charge in [0.05, 0.1) is 6.61 Å². The first-order valence-corrected chi connectivity index (χ1v) is 5.47. The molecule has 0 aliphatic carbocycles. The first-order chi connectivity index (χ1) is 6.26. The number of hydrogen-bond acceptors (Lipinski definition) is 1. The number of aryl methyl sites for hydroxylation is 1. The molecule has 0 fully saturated rings. The van der Waals surface area contributed by atoms with E-state index < -0.39 is 0 Å². The van der Waals surface area contributed by atoms with E-state index in [1.54, 1.807) is 0 Å². The Labute approximate surface area is 88.2 Å². The lowest BCUT2D eigenvalue weighted by Gasteiger charge is -2.06. The van der Waals surface area contributed by atoms with Crippen LogP contribution < -0.4 is 4.74 Å². The van der Waals surface area contributed by atoms with Crippen molar-refractivity contribution in [1.29, 1.82) is 0 Å². The van der Waals surface area contributed by atoms with Gasteiger partial charge in [0.1, 0.15) is 5.75 Å². The Morgan fingerprint density at radius 3 is 2.62 bits per heavy atom. The second-order valence-electron chi connectivity index (χ2n) is 3.00. The fourth-order valence-electron chi connectivity index (χ4n) is 1.13. The molecule has 72 valence electrons. The molecule has 0 N–H and O–H groups in total. The SMILES string of the molecule is CCCOc1cc(Br)cc(CC)c1.